The minimum absolute atomic E-state index is 0.332. The quantitative estimate of drug-likeness (QED) is 0.720. The Labute approximate surface area is 100 Å². The highest BCUT2D eigenvalue weighted by atomic mass is 16.3. The number of nitrogens with one attached hydrogen (secondary N) is 1. The maximum Gasteiger partial charge on any atom is 0.0434 e. The van der Waals surface area contributed by atoms with Gasteiger partial charge in [0, 0.05) is 25.7 Å². The van der Waals surface area contributed by atoms with Crippen molar-refractivity contribution in [2.75, 3.05) is 32.8 Å². The van der Waals surface area contributed by atoms with Crippen LogP contribution in [0, 0.1) is 11.8 Å². The van der Waals surface area contributed by atoms with E-state index < -0.39 is 0 Å². The van der Waals surface area contributed by atoms with E-state index in [0.29, 0.717) is 24.5 Å². The Hall–Kier alpha value is -0.120. The van der Waals surface area contributed by atoms with Gasteiger partial charge < -0.3 is 15.3 Å². The fourth-order valence-corrected chi connectivity index (χ4v) is 2.50. The van der Waals surface area contributed by atoms with Crippen LogP contribution in [-0.4, -0.2) is 48.8 Å². The van der Waals surface area contributed by atoms with E-state index >= 15 is 0 Å². The molecule has 1 fully saturated rings. The lowest BCUT2D eigenvalue weighted by atomic mass is 9.91. The van der Waals surface area contributed by atoms with Gasteiger partial charge in [-0.2, -0.15) is 0 Å². The number of hydrogen-bond acceptors (Lipinski definition) is 3. The van der Waals surface area contributed by atoms with Crippen LogP contribution in [0.2, 0.25) is 0 Å². The summed E-state index contributed by atoms with van der Waals surface area (Å²) in [5, 5.41) is 12.7. The number of likely N-dealkylation sites (tertiary alicyclic amines) is 1. The fourth-order valence-electron chi connectivity index (χ4n) is 2.50. The number of aliphatic hydroxyl groups is 1. The first-order valence-corrected chi connectivity index (χ1v) is 6.72. The van der Waals surface area contributed by atoms with Crippen LogP contribution >= 0.6 is 0 Å². The van der Waals surface area contributed by atoms with Crippen molar-refractivity contribution in [1.82, 2.24) is 10.2 Å². The Morgan fingerprint density at radius 3 is 2.69 bits per heavy atom. The van der Waals surface area contributed by atoms with Crippen molar-refractivity contribution in [1.29, 1.82) is 0 Å². The number of piperidine rings is 1. The molecular formula is C13H28N2O. The zero-order chi connectivity index (χ0) is 12.0. The van der Waals surface area contributed by atoms with Gasteiger partial charge in [0.25, 0.3) is 0 Å². The number of rotatable bonds is 6. The van der Waals surface area contributed by atoms with Crippen LogP contribution < -0.4 is 5.32 Å². The lowest BCUT2D eigenvalue weighted by Crippen LogP contribution is -2.49. The van der Waals surface area contributed by atoms with Crippen molar-refractivity contribution in [3.8, 4) is 0 Å². The first kappa shape index (κ1) is 13.9. The van der Waals surface area contributed by atoms with Crippen LogP contribution in [-0.2, 0) is 0 Å². The highest BCUT2D eigenvalue weighted by Gasteiger charge is 2.25. The van der Waals surface area contributed by atoms with Gasteiger partial charge in [-0.05, 0) is 37.8 Å². The van der Waals surface area contributed by atoms with Gasteiger partial charge in [-0.25, -0.2) is 0 Å². The number of likely N-dealkylation sites (N-methyl/N-ethyl adjacent to an activating group) is 1. The molecule has 0 amide bonds. The molecule has 1 saturated heterocycles. The van der Waals surface area contributed by atoms with Gasteiger partial charge in [-0.3, -0.25) is 0 Å². The van der Waals surface area contributed by atoms with Gasteiger partial charge in [0.2, 0.25) is 0 Å². The van der Waals surface area contributed by atoms with Gasteiger partial charge in [-0.1, -0.05) is 20.8 Å². The van der Waals surface area contributed by atoms with E-state index in [1.807, 2.05) is 0 Å². The molecule has 1 aliphatic heterocycles. The van der Waals surface area contributed by atoms with Crippen molar-refractivity contribution >= 4 is 0 Å². The zero-order valence-corrected chi connectivity index (χ0v) is 11.1. The highest BCUT2D eigenvalue weighted by Crippen LogP contribution is 2.19. The number of aliphatic hydroxyl groups excluding tert-OH is 1. The van der Waals surface area contributed by atoms with Gasteiger partial charge in [-0.15, -0.1) is 0 Å². The second-order valence-electron chi connectivity index (χ2n) is 5.47. The first-order valence-electron chi connectivity index (χ1n) is 6.72. The lowest BCUT2D eigenvalue weighted by molar-refractivity contribution is 0.124. The molecule has 0 bridgehead atoms. The molecule has 0 radical (unpaired) electrons. The molecule has 2 unspecified atom stereocenters. The first-order chi connectivity index (χ1) is 7.65. The summed E-state index contributed by atoms with van der Waals surface area (Å²) >= 11 is 0. The maximum absolute atomic E-state index is 9.04. The topological polar surface area (TPSA) is 35.5 Å². The molecule has 3 nitrogen and oxygen atoms in total. The van der Waals surface area contributed by atoms with Crippen LogP contribution in [0.3, 0.4) is 0 Å². The Morgan fingerprint density at radius 1 is 1.38 bits per heavy atom. The highest BCUT2D eigenvalue weighted by molar-refractivity contribution is 4.83. The summed E-state index contributed by atoms with van der Waals surface area (Å²) < 4.78 is 0. The van der Waals surface area contributed by atoms with E-state index in [-0.39, 0.29) is 0 Å². The number of hydrogen-bond donors (Lipinski definition) is 2. The Kier molecular flexibility index (Phi) is 6.32. The van der Waals surface area contributed by atoms with E-state index in [0.717, 1.165) is 26.1 Å². The molecule has 0 aliphatic carbocycles. The smallest absolute Gasteiger partial charge is 0.0434 e. The molecule has 1 heterocycles. The zero-order valence-electron chi connectivity index (χ0n) is 11.1. The van der Waals surface area contributed by atoms with E-state index in [1.165, 1.54) is 13.0 Å². The second kappa shape index (κ2) is 7.25. The van der Waals surface area contributed by atoms with Crippen molar-refractivity contribution < 1.29 is 5.11 Å². The van der Waals surface area contributed by atoms with Crippen molar-refractivity contribution in [3.63, 3.8) is 0 Å². The molecule has 0 aromatic rings. The van der Waals surface area contributed by atoms with Gasteiger partial charge in [0.1, 0.15) is 0 Å². The van der Waals surface area contributed by atoms with Crippen molar-refractivity contribution in [2.45, 2.75) is 39.7 Å². The normalized spacial score (nSPS) is 27.6. The Bertz CT molecular complexity index is 185. The van der Waals surface area contributed by atoms with Crippen LogP contribution in [0.25, 0.3) is 0 Å². The summed E-state index contributed by atoms with van der Waals surface area (Å²) in [5.74, 6) is 1.39. The molecule has 0 aromatic carbocycles. The van der Waals surface area contributed by atoms with Crippen LogP contribution in [0.4, 0.5) is 0 Å². The Balaban J connectivity index is 2.37. The molecule has 0 saturated carbocycles. The third-order valence-electron chi connectivity index (χ3n) is 3.41. The summed E-state index contributed by atoms with van der Waals surface area (Å²) in [4.78, 5) is 2.50. The van der Waals surface area contributed by atoms with Crippen molar-refractivity contribution in [2.24, 2.45) is 11.8 Å². The molecule has 16 heavy (non-hydrogen) atoms. The minimum Gasteiger partial charge on any atom is -0.396 e. The van der Waals surface area contributed by atoms with Crippen LogP contribution in [0.15, 0.2) is 0 Å². The molecule has 2 atom stereocenters. The van der Waals surface area contributed by atoms with Gasteiger partial charge in [0.15, 0.2) is 0 Å². The Morgan fingerprint density at radius 2 is 2.12 bits per heavy atom. The van der Waals surface area contributed by atoms with Crippen molar-refractivity contribution in [3.05, 3.63) is 0 Å². The predicted octanol–water partition coefficient (Wildman–Crippen LogP) is 1.32. The maximum atomic E-state index is 9.04. The minimum atomic E-state index is 0.332. The average Bonchev–Trinajstić information content (AvgIpc) is 2.26. The van der Waals surface area contributed by atoms with Crippen LogP contribution in [0.5, 0.6) is 0 Å². The lowest BCUT2D eigenvalue weighted by Gasteiger charge is -2.38. The largest absolute Gasteiger partial charge is 0.396 e. The third-order valence-corrected chi connectivity index (χ3v) is 3.41. The van der Waals surface area contributed by atoms with Gasteiger partial charge in [0.05, 0.1) is 0 Å². The average molecular weight is 228 g/mol. The van der Waals surface area contributed by atoms with E-state index in [4.69, 9.17) is 5.11 Å². The standard InChI is InChI=1S/C13H28N2O/c1-4-15-9-12(5-6-16)7-13(10-15)14-8-11(2)3/h11-14,16H,4-10H2,1-3H3. The fraction of sp³-hybridized carbons (Fsp3) is 1.00. The summed E-state index contributed by atoms with van der Waals surface area (Å²) in [7, 11) is 0. The number of nitrogens with zero attached hydrogens (tertiary/aromatic N) is 1. The second-order valence-corrected chi connectivity index (χ2v) is 5.47. The molecule has 96 valence electrons. The summed E-state index contributed by atoms with van der Waals surface area (Å²) in [5.41, 5.74) is 0. The molecular weight excluding hydrogens is 200 g/mol. The molecule has 2 N–H and O–H groups in total. The van der Waals surface area contributed by atoms with Gasteiger partial charge >= 0.3 is 0 Å². The predicted molar refractivity (Wildman–Crippen MR) is 68.6 cm³/mol. The SMILES string of the molecule is CCN1CC(CCO)CC(NCC(C)C)C1. The van der Waals surface area contributed by atoms with E-state index in [1.54, 1.807) is 0 Å². The van der Waals surface area contributed by atoms with E-state index in [2.05, 4.69) is 31.0 Å². The van der Waals surface area contributed by atoms with E-state index in [9.17, 15) is 0 Å². The molecule has 0 spiro atoms. The summed E-state index contributed by atoms with van der Waals surface area (Å²) in [6.45, 7) is 11.6. The summed E-state index contributed by atoms with van der Waals surface area (Å²) in [6, 6.07) is 0.618. The van der Waals surface area contributed by atoms with Crippen LogP contribution in [0.1, 0.15) is 33.6 Å². The third kappa shape index (κ3) is 4.81. The molecule has 3 heteroatoms. The molecule has 1 aliphatic rings. The summed E-state index contributed by atoms with van der Waals surface area (Å²) in [6.07, 6.45) is 2.18. The molecule has 0 aromatic heterocycles. The molecule has 1 rings (SSSR count). The monoisotopic (exact) mass is 228 g/mol.